The fourth-order valence-corrected chi connectivity index (χ4v) is 3.92. The van der Waals surface area contributed by atoms with Gasteiger partial charge in [0.05, 0.1) is 26.3 Å². The van der Waals surface area contributed by atoms with E-state index in [0.717, 1.165) is 30.5 Å². The highest BCUT2D eigenvalue weighted by Gasteiger charge is 2.20. The third kappa shape index (κ3) is 2.88. The van der Waals surface area contributed by atoms with E-state index in [0.29, 0.717) is 11.1 Å². The van der Waals surface area contributed by atoms with Gasteiger partial charge >= 0.3 is 0 Å². The number of benzene rings is 2. The summed E-state index contributed by atoms with van der Waals surface area (Å²) in [5, 5.41) is 4.01. The zero-order valence-corrected chi connectivity index (χ0v) is 15.8. The number of hydrogen-bond acceptors (Lipinski definition) is 2. The molecule has 0 saturated carbocycles. The number of aromatic nitrogens is 1. The number of amides is 1. The molecule has 1 amide bonds. The average Bonchev–Trinajstić information content (AvgIpc) is 2.62. The summed E-state index contributed by atoms with van der Waals surface area (Å²) in [6.45, 7) is 0.765. The molecule has 4 nitrogen and oxygen atoms in total. The number of nitrogens with one attached hydrogen (secondary N) is 1. The van der Waals surface area contributed by atoms with Gasteiger partial charge in [-0.2, -0.15) is 0 Å². The molecule has 1 aliphatic heterocycles. The lowest BCUT2D eigenvalue weighted by Crippen LogP contribution is -2.25. The fraction of sp³-hybridized carbons (Fsp3) is 0.158. The standard InChI is InChI=1S/C19H13Cl3N2O2/c20-13-7-15(22)16(8-14(13)21)23-19(26)12-9-24-6-2-4-10-3-1-5-11(17(10)24)18(12)25/h1,3,5,7-9H,2,4,6H2,(H,23,26). The number of hydrogen-bond donors (Lipinski definition) is 1. The van der Waals surface area contributed by atoms with Gasteiger partial charge in [0, 0.05) is 18.1 Å². The van der Waals surface area contributed by atoms with Crippen LogP contribution >= 0.6 is 34.8 Å². The van der Waals surface area contributed by atoms with E-state index < -0.39 is 5.91 Å². The van der Waals surface area contributed by atoms with E-state index in [2.05, 4.69) is 5.32 Å². The van der Waals surface area contributed by atoms with Crippen molar-refractivity contribution in [3.05, 3.63) is 72.9 Å². The Kier molecular flexibility index (Phi) is 4.43. The maximum atomic E-state index is 12.9. The molecule has 26 heavy (non-hydrogen) atoms. The smallest absolute Gasteiger partial charge is 0.261 e. The third-order valence-corrected chi connectivity index (χ3v) is 5.56. The number of nitrogens with zero attached hydrogens (tertiary/aromatic N) is 1. The second kappa shape index (κ2) is 6.62. The molecule has 2 aromatic carbocycles. The fourth-order valence-electron chi connectivity index (χ4n) is 3.33. The Morgan fingerprint density at radius 1 is 1.08 bits per heavy atom. The first-order valence-electron chi connectivity index (χ1n) is 8.06. The molecule has 0 radical (unpaired) electrons. The van der Waals surface area contributed by atoms with Crippen molar-refractivity contribution in [2.24, 2.45) is 0 Å². The molecule has 0 unspecified atom stereocenters. The van der Waals surface area contributed by atoms with Crippen LogP contribution in [0.5, 0.6) is 0 Å². The third-order valence-electron chi connectivity index (χ3n) is 4.53. The van der Waals surface area contributed by atoms with E-state index in [1.165, 1.54) is 12.1 Å². The second-order valence-corrected chi connectivity index (χ2v) is 7.40. The van der Waals surface area contributed by atoms with E-state index in [-0.39, 0.29) is 26.1 Å². The molecule has 7 heteroatoms. The lowest BCUT2D eigenvalue weighted by molar-refractivity contribution is 0.102. The zero-order chi connectivity index (χ0) is 18.4. The molecule has 0 bridgehead atoms. The minimum absolute atomic E-state index is 0.0682. The SMILES string of the molecule is O=C(Nc1cc(Cl)c(Cl)cc1Cl)c1cn2c3c(cccc3c1=O)CCC2. The first-order valence-corrected chi connectivity index (χ1v) is 9.20. The second-order valence-electron chi connectivity index (χ2n) is 6.18. The summed E-state index contributed by atoms with van der Waals surface area (Å²) in [6.07, 6.45) is 3.52. The number of halogens is 3. The Labute approximate surface area is 164 Å². The first kappa shape index (κ1) is 17.4. The highest BCUT2D eigenvalue weighted by Crippen LogP contribution is 2.32. The molecule has 0 saturated heterocycles. The largest absolute Gasteiger partial charge is 0.346 e. The van der Waals surface area contributed by atoms with Gasteiger partial charge in [-0.3, -0.25) is 9.59 Å². The number of pyridine rings is 1. The van der Waals surface area contributed by atoms with E-state index in [9.17, 15) is 9.59 Å². The number of anilines is 1. The molecule has 1 N–H and O–H groups in total. The predicted octanol–water partition coefficient (Wildman–Crippen LogP) is 5.16. The van der Waals surface area contributed by atoms with Crippen LogP contribution in [0, 0.1) is 0 Å². The summed E-state index contributed by atoms with van der Waals surface area (Å²) in [4.78, 5) is 25.6. The van der Waals surface area contributed by atoms with E-state index in [1.54, 1.807) is 12.3 Å². The molecule has 3 aromatic rings. The van der Waals surface area contributed by atoms with Crippen molar-refractivity contribution in [1.29, 1.82) is 0 Å². The molecule has 1 aromatic heterocycles. The van der Waals surface area contributed by atoms with E-state index >= 15 is 0 Å². The van der Waals surface area contributed by atoms with Crippen LogP contribution in [0.1, 0.15) is 22.3 Å². The van der Waals surface area contributed by atoms with Crippen molar-refractivity contribution >= 4 is 57.3 Å². The quantitative estimate of drug-likeness (QED) is 0.597. The number of para-hydroxylation sites is 1. The summed E-state index contributed by atoms with van der Waals surface area (Å²) < 4.78 is 1.97. The summed E-state index contributed by atoms with van der Waals surface area (Å²) in [7, 11) is 0. The van der Waals surface area contributed by atoms with Gasteiger partial charge in [-0.25, -0.2) is 0 Å². The van der Waals surface area contributed by atoms with Gasteiger partial charge in [0.2, 0.25) is 5.43 Å². The molecule has 1 aliphatic rings. The van der Waals surface area contributed by atoms with Crippen LogP contribution in [0.25, 0.3) is 10.9 Å². The summed E-state index contributed by atoms with van der Waals surface area (Å²) in [6, 6.07) is 8.54. The first-order chi connectivity index (χ1) is 12.5. The Morgan fingerprint density at radius 3 is 2.65 bits per heavy atom. The predicted molar refractivity (Wildman–Crippen MR) is 106 cm³/mol. The maximum absolute atomic E-state index is 12.9. The van der Waals surface area contributed by atoms with E-state index in [1.807, 2.05) is 16.7 Å². The Balaban J connectivity index is 1.80. The Bertz CT molecular complexity index is 1120. The average molecular weight is 408 g/mol. The molecular weight excluding hydrogens is 395 g/mol. The highest BCUT2D eigenvalue weighted by atomic mass is 35.5. The van der Waals surface area contributed by atoms with Crippen LogP contribution in [0.3, 0.4) is 0 Å². The molecule has 2 heterocycles. The summed E-state index contributed by atoms with van der Waals surface area (Å²) in [5.74, 6) is -0.531. The molecule has 4 rings (SSSR count). The van der Waals surface area contributed by atoms with Gasteiger partial charge in [0.25, 0.3) is 5.91 Å². The Morgan fingerprint density at radius 2 is 1.85 bits per heavy atom. The minimum Gasteiger partial charge on any atom is -0.346 e. The number of carbonyl (C=O) groups is 1. The topological polar surface area (TPSA) is 51.1 Å². The van der Waals surface area contributed by atoms with Crippen LogP contribution in [0.15, 0.2) is 41.3 Å². The molecule has 0 atom stereocenters. The lowest BCUT2D eigenvalue weighted by atomic mass is 10.00. The van der Waals surface area contributed by atoms with Gasteiger partial charge < -0.3 is 9.88 Å². The lowest BCUT2D eigenvalue weighted by Gasteiger charge is -2.20. The highest BCUT2D eigenvalue weighted by molar-refractivity contribution is 6.44. The number of rotatable bonds is 2. The molecule has 0 aliphatic carbocycles. The minimum atomic E-state index is -0.531. The van der Waals surface area contributed by atoms with Crippen LogP contribution in [0.2, 0.25) is 15.1 Å². The van der Waals surface area contributed by atoms with Crippen LogP contribution in [-0.2, 0) is 13.0 Å². The number of carbonyl (C=O) groups excluding carboxylic acids is 1. The van der Waals surface area contributed by atoms with Crippen LogP contribution in [0.4, 0.5) is 5.69 Å². The molecule has 132 valence electrons. The van der Waals surface area contributed by atoms with Crippen LogP contribution < -0.4 is 10.7 Å². The normalized spacial score (nSPS) is 13.0. The van der Waals surface area contributed by atoms with Crippen molar-refractivity contribution in [2.75, 3.05) is 5.32 Å². The van der Waals surface area contributed by atoms with E-state index in [4.69, 9.17) is 34.8 Å². The maximum Gasteiger partial charge on any atom is 0.261 e. The van der Waals surface area contributed by atoms with Gasteiger partial charge in [-0.15, -0.1) is 0 Å². The van der Waals surface area contributed by atoms with Gasteiger partial charge in [-0.05, 0) is 36.6 Å². The van der Waals surface area contributed by atoms with Crippen molar-refractivity contribution in [3.63, 3.8) is 0 Å². The zero-order valence-electron chi connectivity index (χ0n) is 13.5. The van der Waals surface area contributed by atoms with Crippen molar-refractivity contribution in [3.8, 4) is 0 Å². The van der Waals surface area contributed by atoms with Crippen LogP contribution in [-0.4, -0.2) is 10.5 Å². The molecule has 0 fully saturated rings. The Hall–Kier alpha value is -2.01. The van der Waals surface area contributed by atoms with Gasteiger partial charge in [-0.1, -0.05) is 46.9 Å². The monoisotopic (exact) mass is 406 g/mol. The van der Waals surface area contributed by atoms with Crippen molar-refractivity contribution < 1.29 is 4.79 Å². The number of aryl methyl sites for hydroxylation is 2. The molecular formula is C19H13Cl3N2O2. The summed E-state index contributed by atoms with van der Waals surface area (Å²) >= 11 is 18.0. The van der Waals surface area contributed by atoms with Crippen molar-refractivity contribution in [1.82, 2.24) is 4.57 Å². The van der Waals surface area contributed by atoms with Crippen molar-refractivity contribution in [2.45, 2.75) is 19.4 Å². The molecule has 0 spiro atoms. The summed E-state index contributed by atoms with van der Waals surface area (Å²) in [5.41, 5.74) is 2.11. The van der Waals surface area contributed by atoms with Gasteiger partial charge in [0.15, 0.2) is 0 Å². The van der Waals surface area contributed by atoms with Gasteiger partial charge in [0.1, 0.15) is 5.56 Å².